The fourth-order valence-corrected chi connectivity index (χ4v) is 10.5. The Bertz CT molecular complexity index is 2920. The molecule has 0 fully saturated rings. The first-order valence-electron chi connectivity index (χ1n) is 16.6. The van der Waals surface area contributed by atoms with Gasteiger partial charge < -0.3 is 9.88 Å². The molecule has 5 heteroatoms. The Kier molecular flexibility index (Phi) is 5.76. The van der Waals surface area contributed by atoms with Crippen LogP contribution in [0.4, 0.5) is 0 Å². The van der Waals surface area contributed by atoms with E-state index in [-0.39, 0.29) is 6.04 Å². The molecule has 0 bridgehead atoms. The highest BCUT2D eigenvalue weighted by Crippen LogP contribution is 2.52. The van der Waals surface area contributed by atoms with Gasteiger partial charge in [0.25, 0.3) is 0 Å². The smallest absolute Gasteiger partial charge is 0.0944 e. The zero-order chi connectivity index (χ0) is 32.1. The topological polar surface area (TPSA) is 29.3 Å². The highest BCUT2D eigenvalue weighted by molar-refractivity contribution is 7.30. The molecule has 6 aromatic carbocycles. The van der Waals surface area contributed by atoms with Crippen LogP contribution < -0.4 is 5.32 Å². The van der Waals surface area contributed by atoms with E-state index in [0.717, 1.165) is 33.9 Å². The number of hydrogen-bond donors (Lipinski definition) is 1. The number of aliphatic imine (C=N–C) groups is 1. The molecule has 0 spiro atoms. The lowest BCUT2D eigenvalue weighted by Crippen LogP contribution is -2.37. The maximum atomic E-state index is 5.18. The van der Waals surface area contributed by atoms with Gasteiger partial charge in [0.1, 0.15) is 0 Å². The first-order valence-corrected chi connectivity index (χ1v) is 18.2. The Morgan fingerprint density at radius 1 is 0.571 bits per heavy atom. The number of allylic oxidation sites excluding steroid dienone is 2. The van der Waals surface area contributed by atoms with Crippen molar-refractivity contribution in [3.8, 4) is 5.69 Å². The summed E-state index contributed by atoms with van der Waals surface area (Å²) < 4.78 is 7.90. The molecule has 0 amide bonds. The largest absolute Gasteiger partial charge is 0.371 e. The highest BCUT2D eigenvalue weighted by Gasteiger charge is 2.26. The van der Waals surface area contributed by atoms with Gasteiger partial charge in [0.15, 0.2) is 0 Å². The van der Waals surface area contributed by atoms with Crippen LogP contribution >= 0.6 is 22.7 Å². The summed E-state index contributed by atoms with van der Waals surface area (Å²) in [7, 11) is 0. The molecule has 1 unspecified atom stereocenters. The summed E-state index contributed by atoms with van der Waals surface area (Å²) >= 11 is 3.85. The zero-order valence-electron chi connectivity index (χ0n) is 26.2. The Morgan fingerprint density at radius 2 is 1.20 bits per heavy atom. The summed E-state index contributed by atoms with van der Waals surface area (Å²) in [5.41, 5.74) is 8.92. The van der Waals surface area contributed by atoms with Gasteiger partial charge in [0.2, 0.25) is 0 Å². The average molecular weight is 662 g/mol. The number of rotatable bonds is 3. The molecule has 49 heavy (non-hydrogen) atoms. The molecule has 0 saturated carbocycles. The van der Waals surface area contributed by atoms with Crippen molar-refractivity contribution in [1.29, 1.82) is 0 Å². The van der Waals surface area contributed by atoms with E-state index in [1.807, 2.05) is 22.7 Å². The summed E-state index contributed by atoms with van der Waals surface area (Å²) in [6.45, 7) is 0. The number of fused-ring (bicyclic) bond motifs is 13. The molecule has 3 aromatic heterocycles. The minimum absolute atomic E-state index is 0.0494. The minimum atomic E-state index is 0.0494. The fourth-order valence-electron chi connectivity index (χ4n) is 7.85. The molecule has 1 aliphatic carbocycles. The number of nitrogens with one attached hydrogen (secondary N) is 1. The lowest BCUT2D eigenvalue weighted by molar-refractivity contribution is 0.882. The maximum absolute atomic E-state index is 5.18. The number of nitrogens with zero attached hydrogens (tertiary/aromatic N) is 2. The van der Waals surface area contributed by atoms with E-state index in [2.05, 4.69) is 162 Å². The highest BCUT2D eigenvalue weighted by atomic mass is 32.1. The molecule has 9 aromatic rings. The van der Waals surface area contributed by atoms with E-state index in [0.29, 0.717) is 0 Å². The summed E-state index contributed by atoms with van der Waals surface area (Å²) in [6, 6.07) is 46.4. The van der Waals surface area contributed by atoms with E-state index in [1.54, 1.807) is 0 Å². The SMILES string of the molecule is C1=CC2=NC(c3ccccc3)=C(c3ccc(-n4c5ccccc5c5c6sc7ccccc7c6c6sc7ccccc7c6c54)cc3)NC2C=C1. The lowest BCUT2D eigenvalue weighted by atomic mass is 9.98. The number of aromatic nitrogens is 1. The predicted molar refractivity (Wildman–Crippen MR) is 212 cm³/mol. The van der Waals surface area contributed by atoms with Crippen molar-refractivity contribution in [2.45, 2.75) is 6.04 Å². The third-order valence-corrected chi connectivity index (χ3v) is 12.4. The van der Waals surface area contributed by atoms with Crippen molar-refractivity contribution in [2.24, 2.45) is 4.99 Å². The molecule has 1 aliphatic heterocycles. The Balaban J connectivity index is 1.21. The third kappa shape index (κ3) is 3.91. The number of hydrogen-bond acceptors (Lipinski definition) is 4. The Hall–Kier alpha value is -5.75. The van der Waals surface area contributed by atoms with Gasteiger partial charge in [0, 0.05) is 62.4 Å². The van der Waals surface area contributed by atoms with Crippen LogP contribution in [0, 0.1) is 0 Å². The second kappa shape index (κ2) is 10.4. The molecule has 0 radical (unpaired) electrons. The Morgan fingerprint density at radius 3 is 1.96 bits per heavy atom. The van der Waals surface area contributed by atoms with Gasteiger partial charge in [-0.2, -0.15) is 0 Å². The molecule has 2 aliphatic rings. The minimum Gasteiger partial charge on any atom is -0.371 e. The van der Waals surface area contributed by atoms with Crippen LogP contribution in [0.5, 0.6) is 0 Å². The van der Waals surface area contributed by atoms with Crippen LogP contribution in [0.2, 0.25) is 0 Å². The number of benzene rings is 6. The molecule has 3 nitrogen and oxygen atoms in total. The van der Waals surface area contributed by atoms with Crippen LogP contribution in [-0.4, -0.2) is 16.3 Å². The van der Waals surface area contributed by atoms with Crippen LogP contribution in [-0.2, 0) is 0 Å². The van der Waals surface area contributed by atoms with Crippen molar-refractivity contribution in [1.82, 2.24) is 9.88 Å². The van der Waals surface area contributed by atoms with E-state index < -0.39 is 0 Å². The van der Waals surface area contributed by atoms with Crippen LogP contribution in [0.1, 0.15) is 11.1 Å². The molecule has 230 valence electrons. The standard InChI is InChI=1S/C44H27N3S2/c1-2-12-26(13-3-1)40-41(46-33-18-8-7-17-32(33)45-40)27-22-24-28(25-23-27)47-34-19-9-4-14-29(34)37-42(47)38-30-15-5-10-20-35(30)48-44(38)39-31-16-6-11-21-36(31)49-43(37)39/h1-25,33,46H. The van der Waals surface area contributed by atoms with Gasteiger partial charge in [-0.15, -0.1) is 22.7 Å². The predicted octanol–water partition coefficient (Wildman–Crippen LogP) is 11.9. The molecule has 11 rings (SSSR count). The third-order valence-electron chi connectivity index (χ3n) is 10.00. The van der Waals surface area contributed by atoms with E-state index in [9.17, 15) is 0 Å². The lowest BCUT2D eigenvalue weighted by Gasteiger charge is -2.28. The van der Waals surface area contributed by atoms with E-state index in [1.165, 1.54) is 62.2 Å². The second-order valence-electron chi connectivity index (χ2n) is 12.7. The Labute approximate surface area is 290 Å². The normalized spacial score (nSPS) is 16.0. The summed E-state index contributed by atoms with van der Waals surface area (Å²) in [5.74, 6) is 0. The summed E-state index contributed by atoms with van der Waals surface area (Å²) in [4.78, 5) is 5.18. The van der Waals surface area contributed by atoms with E-state index >= 15 is 0 Å². The zero-order valence-corrected chi connectivity index (χ0v) is 27.9. The van der Waals surface area contributed by atoms with Gasteiger partial charge in [-0.3, -0.25) is 0 Å². The van der Waals surface area contributed by atoms with Crippen LogP contribution in [0.25, 0.3) is 79.2 Å². The van der Waals surface area contributed by atoms with Crippen molar-refractivity contribution in [3.05, 3.63) is 163 Å². The molecule has 1 N–H and O–H groups in total. The second-order valence-corrected chi connectivity index (χ2v) is 14.8. The quantitative estimate of drug-likeness (QED) is 0.201. The maximum Gasteiger partial charge on any atom is 0.0944 e. The average Bonchev–Trinajstić information content (AvgIpc) is 3.84. The van der Waals surface area contributed by atoms with Gasteiger partial charge in [-0.1, -0.05) is 115 Å². The summed E-state index contributed by atoms with van der Waals surface area (Å²) in [6.07, 6.45) is 8.43. The summed E-state index contributed by atoms with van der Waals surface area (Å²) in [5, 5.41) is 11.8. The molecular weight excluding hydrogens is 635 g/mol. The molecule has 1 atom stereocenters. The van der Waals surface area contributed by atoms with E-state index in [4.69, 9.17) is 4.99 Å². The van der Waals surface area contributed by atoms with Crippen LogP contribution in [0.3, 0.4) is 0 Å². The fraction of sp³-hybridized carbons (Fsp3) is 0.0227. The molecule has 4 heterocycles. The number of para-hydroxylation sites is 1. The van der Waals surface area contributed by atoms with Crippen molar-refractivity contribution in [3.63, 3.8) is 0 Å². The first-order chi connectivity index (χ1) is 24.3. The molecular formula is C44H27N3S2. The van der Waals surface area contributed by atoms with Crippen molar-refractivity contribution in [2.75, 3.05) is 0 Å². The van der Waals surface area contributed by atoms with Crippen LogP contribution in [0.15, 0.2) is 157 Å². The van der Waals surface area contributed by atoms with Gasteiger partial charge in [-0.05, 0) is 42.0 Å². The number of thiophene rings is 2. The van der Waals surface area contributed by atoms with Gasteiger partial charge >= 0.3 is 0 Å². The van der Waals surface area contributed by atoms with Crippen molar-refractivity contribution < 1.29 is 0 Å². The van der Waals surface area contributed by atoms with Crippen molar-refractivity contribution >= 4 is 102 Å². The van der Waals surface area contributed by atoms with Gasteiger partial charge in [-0.25, -0.2) is 4.99 Å². The monoisotopic (exact) mass is 661 g/mol. The molecule has 0 saturated heterocycles. The van der Waals surface area contributed by atoms with Gasteiger partial charge in [0.05, 0.1) is 34.2 Å². The first kappa shape index (κ1) is 27.2.